The molecular weight excluding hydrogens is 176 g/mol. The van der Waals surface area contributed by atoms with Crippen LogP contribution in [0.25, 0.3) is 0 Å². The molecule has 0 aliphatic heterocycles. The second-order valence-electron chi connectivity index (χ2n) is 5.71. The molecule has 0 amide bonds. The molecule has 1 heterocycles. The van der Waals surface area contributed by atoms with Gasteiger partial charge in [-0.1, -0.05) is 20.8 Å². The van der Waals surface area contributed by atoms with Crippen LogP contribution in [0.3, 0.4) is 0 Å². The van der Waals surface area contributed by atoms with Crippen LogP contribution in [-0.4, -0.2) is 14.9 Å². The highest BCUT2D eigenvalue weighted by atomic mass is 16.3. The van der Waals surface area contributed by atoms with Crippen LogP contribution in [0.5, 0.6) is 5.75 Å². The summed E-state index contributed by atoms with van der Waals surface area (Å²) in [5.74, 6) is 0.285. The maximum atomic E-state index is 9.75. The summed E-state index contributed by atoms with van der Waals surface area (Å²) in [6, 6.07) is 0. The molecule has 1 aromatic heterocycles. The first kappa shape index (κ1) is 11.1. The lowest BCUT2D eigenvalue weighted by Gasteiger charge is -2.28. The van der Waals surface area contributed by atoms with Crippen LogP contribution in [0.1, 0.15) is 47.2 Å². The zero-order valence-electron chi connectivity index (χ0n) is 9.92. The van der Waals surface area contributed by atoms with Crippen LogP contribution < -0.4 is 0 Å². The maximum Gasteiger partial charge on any atom is 0.157 e. The molecule has 0 aliphatic carbocycles. The molecule has 0 spiro atoms. The molecular formula is C11H20N2O. The SMILES string of the molecule is CC(C)(C)c1c(O)cnn1C(C)(C)C. The Morgan fingerprint density at radius 3 is 1.93 bits per heavy atom. The van der Waals surface area contributed by atoms with Gasteiger partial charge in [-0.25, -0.2) is 0 Å². The summed E-state index contributed by atoms with van der Waals surface area (Å²) in [6.45, 7) is 12.5. The Hall–Kier alpha value is -0.990. The van der Waals surface area contributed by atoms with Gasteiger partial charge in [-0.3, -0.25) is 4.68 Å². The van der Waals surface area contributed by atoms with Gasteiger partial charge in [0.25, 0.3) is 0 Å². The third-order valence-electron chi connectivity index (χ3n) is 2.10. The van der Waals surface area contributed by atoms with Gasteiger partial charge >= 0.3 is 0 Å². The maximum absolute atomic E-state index is 9.75. The second kappa shape index (κ2) is 3.01. The number of hydrogen-bond donors (Lipinski definition) is 1. The van der Waals surface area contributed by atoms with Gasteiger partial charge < -0.3 is 5.11 Å². The largest absolute Gasteiger partial charge is 0.504 e. The van der Waals surface area contributed by atoms with E-state index in [0.29, 0.717) is 0 Å². The summed E-state index contributed by atoms with van der Waals surface area (Å²) in [5.41, 5.74) is 0.710. The molecule has 0 radical (unpaired) electrons. The number of aromatic nitrogens is 2. The number of aromatic hydroxyl groups is 1. The highest BCUT2D eigenvalue weighted by Gasteiger charge is 2.28. The van der Waals surface area contributed by atoms with Crippen molar-refractivity contribution in [1.29, 1.82) is 0 Å². The predicted octanol–water partition coefficient (Wildman–Crippen LogP) is 2.64. The number of hydrogen-bond acceptors (Lipinski definition) is 2. The van der Waals surface area contributed by atoms with Crippen molar-refractivity contribution in [2.24, 2.45) is 0 Å². The van der Waals surface area contributed by atoms with Gasteiger partial charge in [0.05, 0.1) is 17.4 Å². The van der Waals surface area contributed by atoms with E-state index in [2.05, 4.69) is 46.6 Å². The third kappa shape index (κ3) is 1.91. The van der Waals surface area contributed by atoms with E-state index < -0.39 is 0 Å². The Bertz CT molecular complexity index is 326. The van der Waals surface area contributed by atoms with E-state index in [4.69, 9.17) is 0 Å². The summed E-state index contributed by atoms with van der Waals surface area (Å²) in [5, 5.41) is 14.0. The van der Waals surface area contributed by atoms with Crippen molar-refractivity contribution >= 4 is 0 Å². The molecule has 0 atom stereocenters. The highest BCUT2D eigenvalue weighted by Crippen LogP contribution is 2.33. The van der Waals surface area contributed by atoms with E-state index >= 15 is 0 Å². The highest BCUT2D eigenvalue weighted by molar-refractivity contribution is 5.30. The second-order valence-corrected chi connectivity index (χ2v) is 5.71. The van der Waals surface area contributed by atoms with E-state index in [1.54, 1.807) is 0 Å². The van der Waals surface area contributed by atoms with E-state index in [1.165, 1.54) is 6.20 Å². The smallest absolute Gasteiger partial charge is 0.157 e. The van der Waals surface area contributed by atoms with Crippen LogP contribution in [0.2, 0.25) is 0 Å². The van der Waals surface area contributed by atoms with Gasteiger partial charge in [0, 0.05) is 5.41 Å². The Morgan fingerprint density at radius 1 is 1.14 bits per heavy atom. The number of rotatable bonds is 0. The van der Waals surface area contributed by atoms with Gasteiger partial charge in [0.1, 0.15) is 0 Å². The van der Waals surface area contributed by atoms with Crippen molar-refractivity contribution in [1.82, 2.24) is 9.78 Å². The molecule has 0 fully saturated rings. The third-order valence-corrected chi connectivity index (χ3v) is 2.10. The minimum absolute atomic E-state index is 0.0894. The molecule has 0 saturated carbocycles. The van der Waals surface area contributed by atoms with Crippen LogP contribution in [0, 0.1) is 0 Å². The Morgan fingerprint density at radius 2 is 1.64 bits per heavy atom. The first-order valence-electron chi connectivity index (χ1n) is 4.92. The lowest BCUT2D eigenvalue weighted by atomic mass is 9.90. The van der Waals surface area contributed by atoms with Crippen molar-refractivity contribution < 1.29 is 5.11 Å². The first-order chi connectivity index (χ1) is 6.14. The van der Waals surface area contributed by atoms with Crippen molar-refractivity contribution in [3.8, 4) is 5.75 Å². The molecule has 1 aromatic rings. The van der Waals surface area contributed by atoms with Crippen LogP contribution in [0.4, 0.5) is 0 Å². The van der Waals surface area contributed by atoms with Crippen molar-refractivity contribution in [3.05, 3.63) is 11.9 Å². The van der Waals surface area contributed by atoms with E-state index in [0.717, 1.165) is 5.69 Å². The predicted molar refractivity (Wildman–Crippen MR) is 57.6 cm³/mol. The van der Waals surface area contributed by atoms with Crippen molar-refractivity contribution in [2.45, 2.75) is 52.5 Å². The fraction of sp³-hybridized carbons (Fsp3) is 0.727. The summed E-state index contributed by atoms with van der Waals surface area (Å²) < 4.78 is 1.89. The van der Waals surface area contributed by atoms with E-state index in [9.17, 15) is 5.11 Å². The molecule has 0 aliphatic rings. The quantitative estimate of drug-likeness (QED) is 0.692. The lowest BCUT2D eigenvalue weighted by Crippen LogP contribution is -2.30. The summed E-state index contributed by atoms with van der Waals surface area (Å²) in [7, 11) is 0. The zero-order valence-corrected chi connectivity index (χ0v) is 9.92. The number of nitrogens with zero attached hydrogens (tertiary/aromatic N) is 2. The van der Waals surface area contributed by atoms with E-state index in [1.807, 2.05) is 4.68 Å². The normalized spacial score (nSPS) is 13.3. The summed E-state index contributed by atoms with van der Waals surface area (Å²) in [6.07, 6.45) is 1.52. The first-order valence-corrected chi connectivity index (χ1v) is 4.92. The Kier molecular flexibility index (Phi) is 2.38. The van der Waals surface area contributed by atoms with Crippen LogP contribution in [-0.2, 0) is 11.0 Å². The van der Waals surface area contributed by atoms with Gasteiger partial charge in [0.15, 0.2) is 5.75 Å². The standard InChI is InChI=1S/C11H20N2O/c1-10(2,3)9-8(14)7-12-13(9)11(4,5)6/h7,14H,1-6H3. The average molecular weight is 196 g/mol. The topological polar surface area (TPSA) is 38.1 Å². The van der Waals surface area contributed by atoms with Crippen molar-refractivity contribution in [3.63, 3.8) is 0 Å². The molecule has 1 rings (SSSR count). The van der Waals surface area contributed by atoms with Gasteiger partial charge in [-0.05, 0) is 20.8 Å². The Labute approximate surface area is 85.8 Å². The summed E-state index contributed by atoms with van der Waals surface area (Å²) >= 11 is 0. The fourth-order valence-electron chi connectivity index (χ4n) is 1.55. The zero-order chi connectivity index (χ0) is 11.1. The summed E-state index contributed by atoms with van der Waals surface area (Å²) in [4.78, 5) is 0. The molecule has 0 aromatic carbocycles. The minimum Gasteiger partial charge on any atom is -0.504 e. The molecule has 3 heteroatoms. The van der Waals surface area contributed by atoms with E-state index in [-0.39, 0.29) is 16.7 Å². The molecule has 0 saturated heterocycles. The average Bonchev–Trinajstić information content (AvgIpc) is 2.27. The van der Waals surface area contributed by atoms with Crippen LogP contribution >= 0.6 is 0 Å². The lowest BCUT2D eigenvalue weighted by molar-refractivity contribution is 0.315. The van der Waals surface area contributed by atoms with Crippen LogP contribution in [0.15, 0.2) is 6.20 Å². The minimum atomic E-state index is -0.0937. The molecule has 14 heavy (non-hydrogen) atoms. The van der Waals surface area contributed by atoms with Gasteiger partial charge in [-0.2, -0.15) is 5.10 Å². The molecule has 80 valence electrons. The molecule has 0 bridgehead atoms. The van der Waals surface area contributed by atoms with Gasteiger partial charge in [0.2, 0.25) is 0 Å². The molecule has 0 unspecified atom stereocenters. The van der Waals surface area contributed by atoms with Crippen molar-refractivity contribution in [2.75, 3.05) is 0 Å². The van der Waals surface area contributed by atoms with Gasteiger partial charge in [-0.15, -0.1) is 0 Å². The Balaban J connectivity index is 3.35. The molecule has 3 nitrogen and oxygen atoms in total. The monoisotopic (exact) mass is 196 g/mol. The molecule has 1 N–H and O–H groups in total. The fourth-order valence-corrected chi connectivity index (χ4v) is 1.55.